The quantitative estimate of drug-likeness (QED) is 0.917. The molecule has 1 heterocycles. The third-order valence-electron chi connectivity index (χ3n) is 3.18. The van der Waals surface area contributed by atoms with E-state index in [1.165, 1.54) is 18.4 Å². The lowest BCUT2D eigenvalue weighted by Gasteiger charge is -2.12. The highest BCUT2D eigenvalue weighted by Gasteiger charge is 2.21. The van der Waals surface area contributed by atoms with E-state index in [0.29, 0.717) is 6.04 Å². The van der Waals surface area contributed by atoms with Crippen molar-refractivity contribution in [2.24, 2.45) is 0 Å². The van der Waals surface area contributed by atoms with Crippen LogP contribution in [0.2, 0.25) is 5.02 Å². The lowest BCUT2D eigenvalue weighted by molar-refractivity contribution is 0.681. The van der Waals surface area contributed by atoms with Crippen molar-refractivity contribution in [3.05, 3.63) is 46.7 Å². The van der Waals surface area contributed by atoms with Gasteiger partial charge in [-0.2, -0.15) is 5.10 Å². The van der Waals surface area contributed by atoms with E-state index < -0.39 is 0 Å². The molecule has 0 unspecified atom stereocenters. The summed E-state index contributed by atoms with van der Waals surface area (Å²) in [6, 6.07) is 8.69. The van der Waals surface area contributed by atoms with Crippen LogP contribution >= 0.6 is 11.6 Å². The molecule has 3 nitrogen and oxygen atoms in total. The minimum atomic E-state index is 0.691. The number of hydrogen-bond donors (Lipinski definition) is 1. The second kappa shape index (κ2) is 4.75. The van der Waals surface area contributed by atoms with Crippen molar-refractivity contribution in [1.29, 1.82) is 0 Å². The number of aryl methyl sites for hydroxylation is 1. The largest absolute Gasteiger partial charge is 0.310 e. The van der Waals surface area contributed by atoms with Crippen LogP contribution < -0.4 is 5.32 Å². The van der Waals surface area contributed by atoms with E-state index in [2.05, 4.69) is 16.5 Å². The van der Waals surface area contributed by atoms with E-state index in [-0.39, 0.29) is 0 Å². The molecule has 0 aliphatic heterocycles. The Morgan fingerprint density at radius 2 is 2.22 bits per heavy atom. The highest BCUT2D eigenvalue weighted by atomic mass is 35.5. The fourth-order valence-corrected chi connectivity index (χ4v) is 2.32. The van der Waals surface area contributed by atoms with Gasteiger partial charge >= 0.3 is 0 Å². The van der Waals surface area contributed by atoms with Gasteiger partial charge in [-0.3, -0.25) is 0 Å². The zero-order chi connectivity index (χ0) is 12.5. The lowest BCUT2D eigenvalue weighted by Crippen LogP contribution is -2.17. The SMILES string of the molecule is Cc1ccn(-c2c(Cl)cccc2CNC2CC2)n1. The molecule has 0 saturated heterocycles. The van der Waals surface area contributed by atoms with Crippen molar-refractivity contribution in [3.8, 4) is 5.69 Å². The molecule has 3 rings (SSSR count). The van der Waals surface area contributed by atoms with E-state index in [1.54, 1.807) is 0 Å². The van der Waals surface area contributed by atoms with Crippen LogP contribution in [0, 0.1) is 6.92 Å². The summed E-state index contributed by atoms with van der Waals surface area (Å²) in [5.74, 6) is 0. The summed E-state index contributed by atoms with van der Waals surface area (Å²) in [5, 5.41) is 8.71. The molecule has 1 aromatic carbocycles. The van der Waals surface area contributed by atoms with Gasteiger partial charge in [0.2, 0.25) is 0 Å². The monoisotopic (exact) mass is 261 g/mol. The van der Waals surface area contributed by atoms with Gasteiger partial charge in [0.1, 0.15) is 0 Å². The first-order valence-electron chi connectivity index (χ1n) is 6.27. The third-order valence-corrected chi connectivity index (χ3v) is 3.49. The average Bonchev–Trinajstić information content (AvgIpc) is 3.09. The molecule has 1 aliphatic carbocycles. The van der Waals surface area contributed by atoms with Gasteiger partial charge in [-0.1, -0.05) is 23.7 Å². The Kier molecular flexibility index (Phi) is 3.10. The molecular formula is C14H16ClN3. The van der Waals surface area contributed by atoms with Crippen molar-refractivity contribution < 1.29 is 0 Å². The molecular weight excluding hydrogens is 246 g/mol. The number of nitrogens with zero attached hydrogens (tertiary/aromatic N) is 2. The molecule has 1 fully saturated rings. The summed E-state index contributed by atoms with van der Waals surface area (Å²) < 4.78 is 1.86. The molecule has 1 aromatic heterocycles. The maximum atomic E-state index is 6.32. The van der Waals surface area contributed by atoms with Crippen molar-refractivity contribution in [3.63, 3.8) is 0 Å². The molecule has 18 heavy (non-hydrogen) atoms. The first kappa shape index (κ1) is 11.8. The molecule has 0 atom stereocenters. The lowest BCUT2D eigenvalue weighted by atomic mass is 10.1. The van der Waals surface area contributed by atoms with Crippen LogP contribution in [0.15, 0.2) is 30.5 Å². The van der Waals surface area contributed by atoms with Gasteiger partial charge in [-0.15, -0.1) is 0 Å². The minimum absolute atomic E-state index is 0.691. The van der Waals surface area contributed by atoms with E-state index in [0.717, 1.165) is 22.9 Å². The standard InChI is InChI=1S/C14H16ClN3/c1-10-7-8-18(17-10)14-11(3-2-4-13(14)15)9-16-12-5-6-12/h2-4,7-8,12,16H,5-6,9H2,1H3. The zero-order valence-electron chi connectivity index (χ0n) is 10.4. The van der Waals surface area contributed by atoms with Gasteiger partial charge in [0.05, 0.1) is 16.4 Å². The minimum Gasteiger partial charge on any atom is -0.310 e. The third kappa shape index (κ3) is 2.42. The first-order valence-corrected chi connectivity index (χ1v) is 6.65. The Morgan fingerprint density at radius 1 is 1.39 bits per heavy atom. The summed E-state index contributed by atoms with van der Waals surface area (Å²) in [4.78, 5) is 0. The van der Waals surface area contributed by atoms with Crippen molar-refractivity contribution in [2.75, 3.05) is 0 Å². The Labute approximate surface area is 112 Å². The number of benzene rings is 1. The average molecular weight is 262 g/mol. The van der Waals surface area contributed by atoms with Crippen molar-refractivity contribution in [2.45, 2.75) is 32.4 Å². The van der Waals surface area contributed by atoms with Crippen LogP contribution in [0.25, 0.3) is 5.69 Å². The highest BCUT2D eigenvalue weighted by Crippen LogP contribution is 2.26. The molecule has 0 amide bonds. The van der Waals surface area contributed by atoms with Gasteiger partial charge in [-0.05, 0) is 37.5 Å². The zero-order valence-corrected chi connectivity index (χ0v) is 11.1. The molecule has 4 heteroatoms. The van der Waals surface area contributed by atoms with Gasteiger partial charge in [0, 0.05) is 18.8 Å². The maximum absolute atomic E-state index is 6.32. The number of halogens is 1. The van der Waals surface area contributed by atoms with Crippen LogP contribution in [-0.2, 0) is 6.54 Å². The molecule has 94 valence electrons. The fourth-order valence-electron chi connectivity index (χ4n) is 2.04. The molecule has 1 N–H and O–H groups in total. The van der Waals surface area contributed by atoms with Crippen LogP contribution in [-0.4, -0.2) is 15.8 Å². The summed E-state index contributed by atoms with van der Waals surface area (Å²) in [5.41, 5.74) is 3.17. The van der Waals surface area contributed by atoms with E-state index >= 15 is 0 Å². The number of rotatable bonds is 4. The van der Waals surface area contributed by atoms with E-state index in [1.807, 2.05) is 36.0 Å². The molecule has 0 radical (unpaired) electrons. The molecule has 0 spiro atoms. The fraction of sp³-hybridized carbons (Fsp3) is 0.357. The molecule has 1 aliphatic rings. The summed E-state index contributed by atoms with van der Waals surface area (Å²) >= 11 is 6.32. The normalized spacial score (nSPS) is 15.0. The smallest absolute Gasteiger partial charge is 0.0876 e. The van der Waals surface area contributed by atoms with Crippen LogP contribution in [0.3, 0.4) is 0 Å². The summed E-state index contributed by atoms with van der Waals surface area (Å²) in [6.07, 6.45) is 4.53. The van der Waals surface area contributed by atoms with Gasteiger partial charge in [-0.25, -0.2) is 4.68 Å². The van der Waals surface area contributed by atoms with Gasteiger partial charge < -0.3 is 5.32 Å². The number of para-hydroxylation sites is 1. The Morgan fingerprint density at radius 3 is 2.89 bits per heavy atom. The second-order valence-electron chi connectivity index (χ2n) is 4.80. The van der Waals surface area contributed by atoms with E-state index in [9.17, 15) is 0 Å². The van der Waals surface area contributed by atoms with Crippen LogP contribution in [0.4, 0.5) is 0 Å². The topological polar surface area (TPSA) is 29.9 Å². The maximum Gasteiger partial charge on any atom is 0.0876 e. The highest BCUT2D eigenvalue weighted by molar-refractivity contribution is 6.32. The molecule has 2 aromatic rings. The first-order chi connectivity index (χ1) is 8.74. The number of hydrogen-bond acceptors (Lipinski definition) is 2. The predicted molar refractivity (Wildman–Crippen MR) is 73.2 cm³/mol. The number of aromatic nitrogens is 2. The Bertz CT molecular complexity index is 558. The summed E-state index contributed by atoms with van der Waals surface area (Å²) in [7, 11) is 0. The van der Waals surface area contributed by atoms with Gasteiger partial charge in [0.25, 0.3) is 0 Å². The molecule has 1 saturated carbocycles. The Hall–Kier alpha value is -1.32. The van der Waals surface area contributed by atoms with Crippen molar-refractivity contribution in [1.82, 2.24) is 15.1 Å². The number of nitrogens with one attached hydrogen (secondary N) is 1. The van der Waals surface area contributed by atoms with Crippen molar-refractivity contribution >= 4 is 11.6 Å². The van der Waals surface area contributed by atoms with E-state index in [4.69, 9.17) is 11.6 Å². The Balaban J connectivity index is 1.94. The van der Waals surface area contributed by atoms with Crippen LogP contribution in [0.1, 0.15) is 24.1 Å². The predicted octanol–water partition coefficient (Wildman–Crippen LogP) is 3.09. The van der Waals surface area contributed by atoms with Crippen LogP contribution in [0.5, 0.6) is 0 Å². The van der Waals surface area contributed by atoms with Gasteiger partial charge in [0.15, 0.2) is 0 Å². The molecule has 0 bridgehead atoms. The second-order valence-corrected chi connectivity index (χ2v) is 5.21. The summed E-state index contributed by atoms with van der Waals surface area (Å²) in [6.45, 7) is 2.83.